The Balaban J connectivity index is 2.06. The highest BCUT2D eigenvalue weighted by Gasteiger charge is 2.30. The zero-order chi connectivity index (χ0) is 18.5. The van der Waals surface area contributed by atoms with Crippen LogP contribution in [0.4, 0.5) is 0 Å². The maximum absolute atomic E-state index is 13.1. The van der Waals surface area contributed by atoms with Crippen molar-refractivity contribution in [1.82, 2.24) is 0 Å². The standard InChI is InChI=1S/C22H16O4/c23-20(16-10-5-2-6-11-16)19(15-8-3-1-4-9-15)21(24)17-12-7-13-18(14-17)22(25)26/h1-14,19H,(H,25,26). The second-order valence-corrected chi connectivity index (χ2v) is 5.82. The van der Waals surface area contributed by atoms with Gasteiger partial charge in [-0.05, 0) is 17.7 Å². The quantitative estimate of drug-likeness (QED) is 0.536. The summed E-state index contributed by atoms with van der Waals surface area (Å²) in [5.74, 6) is -2.89. The van der Waals surface area contributed by atoms with Crippen molar-refractivity contribution in [2.45, 2.75) is 5.92 Å². The molecule has 1 atom stereocenters. The van der Waals surface area contributed by atoms with Gasteiger partial charge in [-0.3, -0.25) is 9.59 Å². The molecule has 4 heteroatoms. The summed E-state index contributed by atoms with van der Waals surface area (Å²) in [6, 6.07) is 23.2. The minimum Gasteiger partial charge on any atom is -0.478 e. The van der Waals surface area contributed by atoms with Gasteiger partial charge < -0.3 is 5.11 Å². The van der Waals surface area contributed by atoms with E-state index in [4.69, 9.17) is 5.11 Å². The van der Waals surface area contributed by atoms with Gasteiger partial charge >= 0.3 is 5.97 Å². The van der Waals surface area contributed by atoms with Crippen LogP contribution in [-0.2, 0) is 0 Å². The molecule has 0 aliphatic carbocycles. The molecular weight excluding hydrogens is 328 g/mol. The van der Waals surface area contributed by atoms with E-state index in [1.165, 1.54) is 24.3 Å². The largest absolute Gasteiger partial charge is 0.478 e. The van der Waals surface area contributed by atoms with Gasteiger partial charge in [0.25, 0.3) is 0 Å². The zero-order valence-corrected chi connectivity index (χ0v) is 13.8. The van der Waals surface area contributed by atoms with Crippen molar-refractivity contribution in [3.05, 3.63) is 107 Å². The van der Waals surface area contributed by atoms with Crippen LogP contribution in [0.3, 0.4) is 0 Å². The van der Waals surface area contributed by atoms with Crippen LogP contribution >= 0.6 is 0 Å². The van der Waals surface area contributed by atoms with Gasteiger partial charge in [0.15, 0.2) is 11.6 Å². The van der Waals surface area contributed by atoms with Crippen LogP contribution in [0.15, 0.2) is 84.9 Å². The lowest BCUT2D eigenvalue weighted by Gasteiger charge is -2.16. The summed E-state index contributed by atoms with van der Waals surface area (Å²) in [6.45, 7) is 0. The van der Waals surface area contributed by atoms with Crippen LogP contribution in [0.25, 0.3) is 0 Å². The maximum atomic E-state index is 13.1. The summed E-state index contributed by atoms with van der Waals surface area (Å²) < 4.78 is 0. The van der Waals surface area contributed by atoms with Crippen LogP contribution in [0, 0.1) is 0 Å². The van der Waals surface area contributed by atoms with Crippen LogP contribution in [0.2, 0.25) is 0 Å². The van der Waals surface area contributed by atoms with E-state index >= 15 is 0 Å². The van der Waals surface area contributed by atoms with Gasteiger partial charge in [-0.2, -0.15) is 0 Å². The Kier molecular flexibility index (Phi) is 5.04. The SMILES string of the molecule is O=C(O)c1cccc(C(=O)C(C(=O)c2ccccc2)c2ccccc2)c1. The van der Waals surface area contributed by atoms with Gasteiger partial charge in [-0.25, -0.2) is 4.79 Å². The molecular formula is C22H16O4. The second-order valence-electron chi connectivity index (χ2n) is 5.82. The summed E-state index contributed by atoms with van der Waals surface area (Å²) in [7, 11) is 0. The maximum Gasteiger partial charge on any atom is 0.335 e. The number of carbonyl (C=O) groups excluding carboxylic acids is 2. The van der Waals surface area contributed by atoms with E-state index in [0.717, 1.165) is 0 Å². The van der Waals surface area contributed by atoms with E-state index in [2.05, 4.69) is 0 Å². The number of carbonyl (C=O) groups is 3. The Hall–Kier alpha value is -3.53. The molecule has 0 radical (unpaired) electrons. The number of ketones is 2. The lowest BCUT2D eigenvalue weighted by Crippen LogP contribution is -2.23. The summed E-state index contributed by atoms with van der Waals surface area (Å²) in [5, 5.41) is 9.16. The topological polar surface area (TPSA) is 71.4 Å². The molecule has 3 aromatic rings. The highest BCUT2D eigenvalue weighted by atomic mass is 16.4. The second kappa shape index (κ2) is 7.57. The molecule has 0 aliphatic rings. The fraction of sp³-hybridized carbons (Fsp3) is 0.0455. The minimum absolute atomic E-state index is 0.00909. The minimum atomic E-state index is -1.12. The van der Waals surface area contributed by atoms with Crippen molar-refractivity contribution in [3.8, 4) is 0 Å². The average molecular weight is 344 g/mol. The first kappa shape index (κ1) is 17.3. The first-order valence-electron chi connectivity index (χ1n) is 8.09. The first-order chi connectivity index (χ1) is 12.6. The van der Waals surface area contributed by atoms with E-state index in [9.17, 15) is 14.4 Å². The molecule has 0 fully saturated rings. The molecule has 0 aliphatic heterocycles. The van der Waals surface area contributed by atoms with Crippen LogP contribution in [0.5, 0.6) is 0 Å². The summed E-state index contributed by atoms with van der Waals surface area (Å²) in [6.07, 6.45) is 0. The molecule has 0 saturated heterocycles. The third-order valence-corrected chi connectivity index (χ3v) is 4.11. The highest BCUT2D eigenvalue weighted by Crippen LogP contribution is 2.26. The molecule has 3 aromatic carbocycles. The van der Waals surface area contributed by atoms with E-state index in [1.54, 1.807) is 54.6 Å². The van der Waals surface area contributed by atoms with Crippen molar-refractivity contribution in [1.29, 1.82) is 0 Å². The van der Waals surface area contributed by atoms with Gasteiger partial charge in [0.05, 0.1) is 5.56 Å². The monoisotopic (exact) mass is 344 g/mol. The molecule has 0 bridgehead atoms. The van der Waals surface area contributed by atoms with Crippen LogP contribution in [-0.4, -0.2) is 22.6 Å². The van der Waals surface area contributed by atoms with Gasteiger partial charge in [-0.1, -0.05) is 72.8 Å². The molecule has 0 heterocycles. The lowest BCUT2D eigenvalue weighted by atomic mass is 9.84. The van der Waals surface area contributed by atoms with E-state index < -0.39 is 17.7 Å². The third-order valence-electron chi connectivity index (χ3n) is 4.11. The Bertz CT molecular complexity index is 946. The lowest BCUT2D eigenvalue weighted by molar-refractivity contribution is 0.0696. The van der Waals surface area contributed by atoms with E-state index in [-0.39, 0.29) is 16.9 Å². The van der Waals surface area contributed by atoms with Crippen molar-refractivity contribution < 1.29 is 19.5 Å². The predicted molar refractivity (Wildman–Crippen MR) is 97.7 cm³/mol. The Labute approximate surface area is 150 Å². The number of benzene rings is 3. The summed E-state index contributed by atoms with van der Waals surface area (Å²) >= 11 is 0. The molecule has 3 rings (SSSR count). The van der Waals surface area contributed by atoms with E-state index in [1.807, 2.05) is 6.07 Å². The van der Waals surface area contributed by atoms with Gasteiger partial charge in [-0.15, -0.1) is 0 Å². The Morgan fingerprint density at radius 2 is 1.12 bits per heavy atom. The summed E-state index contributed by atoms with van der Waals surface area (Å²) in [4.78, 5) is 37.4. The molecule has 1 N–H and O–H groups in total. The normalized spacial score (nSPS) is 11.5. The van der Waals surface area contributed by atoms with Crippen molar-refractivity contribution in [2.24, 2.45) is 0 Å². The molecule has 4 nitrogen and oxygen atoms in total. The van der Waals surface area contributed by atoms with Gasteiger partial charge in [0.2, 0.25) is 0 Å². The average Bonchev–Trinajstić information content (AvgIpc) is 2.69. The molecule has 0 aromatic heterocycles. The molecule has 128 valence electrons. The number of aromatic carboxylic acids is 1. The van der Waals surface area contributed by atoms with E-state index in [0.29, 0.717) is 11.1 Å². The van der Waals surface area contributed by atoms with Crippen molar-refractivity contribution in [2.75, 3.05) is 0 Å². The van der Waals surface area contributed by atoms with Gasteiger partial charge in [0, 0.05) is 11.1 Å². The van der Waals surface area contributed by atoms with Gasteiger partial charge in [0.1, 0.15) is 5.92 Å². The van der Waals surface area contributed by atoms with Crippen molar-refractivity contribution >= 4 is 17.5 Å². The van der Waals surface area contributed by atoms with Crippen LogP contribution < -0.4 is 0 Å². The number of hydrogen-bond acceptors (Lipinski definition) is 3. The Morgan fingerprint density at radius 1 is 0.615 bits per heavy atom. The van der Waals surface area contributed by atoms with Crippen LogP contribution in [0.1, 0.15) is 42.6 Å². The number of rotatable bonds is 6. The fourth-order valence-electron chi connectivity index (χ4n) is 2.81. The molecule has 1 unspecified atom stereocenters. The molecule has 0 saturated carbocycles. The zero-order valence-electron chi connectivity index (χ0n) is 13.8. The Morgan fingerprint density at radius 3 is 1.73 bits per heavy atom. The number of Topliss-reactive ketones (excluding diaryl/α,β-unsaturated/α-hetero) is 2. The smallest absolute Gasteiger partial charge is 0.335 e. The first-order valence-corrected chi connectivity index (χ1v) is 8.09. The number of hydrogen-bond donors (Lipinski definition) is 1. The number of carboxylic acids is 1. The fourth-order valence-corrected chi connectivity index (χ4v) is 2.81. The highest BCUT2D eigenvalue weighted by molar-refractivity contribution is 6.20. The predicted octanol–water partition coefficient (Wildman–Crippen LogP) is 4.23. The molecule has 0 spiro atoms. The number of carboxylic acid groups (broad SMARTS) is 1. The molecule has 26 heavy (non-hydrogen) atoms. The van der Waals surface area contributed by atoms with Crippen molar-refractivity contribution in [3.63, 3.8) is 0 Å². The third kappa shape index (κ3) is 3.59. The molecule has 0 amide bonds. The summed E-state index contributed by atoms with van der Waals surface area (Å²) in [5.41, 5.74) is 1.22.